The molecule has 0 saturated carbocycles. The molecule has 22 heavy (non-hydrogen) atoms. The van der Waals surface area contributed by atoms with Crippen LogP contribution >= 0.6 is 0 Å². The second-order valence-corrected chi connectivity index (χ2v) is 5.41. The molecule has 0 spiro atoms. The van der Waals surface area contributed by atoms with E-state index in [4.69, 9.17) is 24.4 Å². The first-order valence-electron chi connectivity index (χ1n) is 6.97. The van der Waals surface area contributed by atoms with Crippen molar-refractivity contribution in [3.63, 3.8) is 0 Å². The predicted octanol–water partition coefficient (Wildman–Crippen LogP) is -4.37. The van der Waals surface area contributed by atoms with Crippen molar-refractivity contribution in [3.8, 4) is 0 Å². The van der Waals surface area contributed by atoms with E-state index < -0.39 is 68.5 Å². The average Bonchev–Trinajstić information content (AvgIpc) is 2.51. The Bertz CT molecular complexity index is 353. The van der Waals surface area contributed by atoms with Gasteiger partial charge in [0.05, 0.1) is 19.3 Å². The number of hydrogen-bond acceptors (Lipinski definition) is 10. The highest BCUT2D eigenvalue weighted by Crippen LogP contribution is 2.27. The molecule has 7 N–H and O–H groups in total. The van der Waals surface area contributed by atoms with Crippen LogP contribution in [0.2, 0.25) is 0 Å². The molecule has 0 bridgehead atoms. The van der Waals surface area contributed by atoms with Crippen molar-refractivity contribution >= 4 is 0 Å². The van der Waals surface area contributed by atoms with Gasteiger partial charge in [0.25, 0.3) is 0 Å². The average molecular weight is 326 g/mol. The van der Waals surface area contributed by atoms with Crippen LogP contribution in [0.15, 0.2) is 0 Å². The Morgan fingerprint density at radius 2 is 1.36 bits per heavy atom. The van der Waals surface area contributed by atoms with Crippen molar-refractivity contribution < 1.29 is 50.0 Å². The lowest BCUT2D eigenvalue weighted by molar-refractivity contribution is -0.358. The fourth-order valence-corrected chi connectivity index (χ4v) is 2.48. The highest BCUT2D eigenvalue weighted by Gasteiger charge is 2.46. The molecule has 0 amide bonds. The third kappa shape index (κ3) is 3.57. The van der Waals surface area contributed by atoms with Crippen molar-refractivity contribution in [3.05, 3.63) is 0 Å². The van der Waals surface area contributed by atoms with Crippen LogP contribution in [0.5, 0.6) is 0 Å². The molecule has 2 aliphatic rings. The lowest BCUT2D eigenvalue weighted by Crippen LogP contribution is -2.60. The Labute approximate surface area is 126 Å². The largest absolute Gasteiger partial charge is 0.394 e. The van der Waals surface area contributed by atoms with Crippen LogP contribution in [-0.2, 0) is 14.2 Å². The molecule has 2 saturated heterocycles. The van der Waals surface area contributed by atoms with E-state index in [1.54, 1.807) is 0 Å². The van der Waals surface area contributed by atoms with Crippen molar-refractivity contribution in [2.45, 2.75) is 61.7 Å². The number of hydrogen-bond donors (Lipinski definition) is 7. The van der Waals surface area contributed by atoms with Gasteiger partial charge in [0.2, 0.25) is 0 Å². The van der Waals surface area contributed by atoms with Crippen LogP contribution in [0.1, 0.15) is 6.42 Å². The zero-order chi connectivity index (χ0) is 16.4. The summed E-state index contributed by atoms with van der Waals surface area (Å²) in [6, 6.07) is 0. The molecule has 2 heterocycles. The maximum Gasteiger partial charge on any atom is 0.189 e. The van der Waals surface area contributed by atoms with E-state index in [1.807, 2.05) is 0 Å². The van der Waals surface area contributed by atoms with E-state index >= 15 is 0 Å². The van der Waals surface area contributed by atoms with Crippen LogP contribution in [0.4, 0.5) is 0 Å². The van der Waals surface area contributed by atoms with E-state index in [0.717, 1.165) is 0 Å². The van der Waals surface area contributed by atoms with Gasteiger partial charge in [0, 0.05) is 6.42 Å². The number of rotatable bonds is 4. The van der Waals surface area contributed by atoms with Gasteiger partial charge in [-0.2, -0.15) is 0 Å². The summed E-state index contributed by atoms with van der Waals surface area (Å²) >= 11 is 0. The minimum absolute atomic E-state index is 0.146. The van der Waals surface area contributed by atoms with Crippen LogP contribution in [0.3, 0.4) is 0 Å². The zero-order valence-electron chi connectivity index (χ0n) is 11.7. The predicted molar refractivity (Wildman–Crippen MR) is 67.2 cm³/mol. The Hall–Kier alpha value is -0.400. The van der Waals surface area contributed by atoms with Crippen molar-refractivity contribution in [1.29, 1.82) is 0 Å². The molecule has 2 unspecified atom stereocenters. The van der Waals surface area contributed by atoms with Crippen molar-refractivity contribution in [2.75, 3.05) is 13.2 Å². The van der Waals surface area contributed by atoms with E-state index in [9.17, 15) is 25.5 Å². The molecule has 0 radical (unpaired) electrons. The standard InChI is InChI=1S/C12H22O10/c13-2-5-8(16)4(15)1-7(20-5)22-12-11(19)10(18)9(17)6(3-14)21-12/h4-19H,1-3H2/t4-,5-,6-,7?,8+,9-,10+,11-,12?/m1/s1. The molecular formula is C12H22O10. The molecule has 2 rings (SSSR count). The van der Waals surface area contributed by atoms with Crippen molar-refractivity contribution in [1.82, 2.24) is 0 Å². The van der Waals surface area contributed by atoms with E-state index in [1.165, 1.54) is 0 Å². The number of ether oxygens (including phenoxy) is 3. The highest BCUT2D eigenvalue weighted by molar-refractivity contribution is 4.90. The SMILES string of the molecule is OC[C@H]1OC(OC2C[C@@H](O)[C@H](O)[C@@H](CO)O2)[C@H](O)[C@@H](O)[C@@H]1O. The molecule has 0 aliphatic carbocycles. The van der Waals surface area contributed by atoms with Gasteiger partial charge < -0.3 is 50.0 Å². The summed E-state index contributed by atoms with van der Waals surface area (Å²) in [5.74, 6) is 0. The quantitative estimate of drug-likeness (QED) is 0.268. The summed E-state index contributed by atoms with van der Waals surface area (Å²) < 4.78 is 15.7. The second kappa shape index (κ2) is 7.45. The summed E-state index contributed by atoms with van der Waals surface area (Å²) in [6.07, 6.45) is -12.1. The molecular weight excluding hydrogens is 304 g/mol. The molecule has 130 valence electrons. The molecule has 2 aliphatic heterocycles. The Morgan fingerprint density at radius 1 is 0.773 bits per heavy atom. The van der Waals surface area contributed by atoms with Crippen LogP contribution in [-0.4, -0.2) is 104 Å². The minimum Gasteiger partial charge on any atom is -0.394 e. The third-order valence-corrected chi connectivity index (χ3v) is 3.85. The summed E-state index contributed by atoms with van der Waals surface area (Å²) in [5, 5.41) is 66.6. The maximum absolute atomic E-state index is 9.83. The van der Waals surface area contributed by atoms with Gasteiger partial charge in [-0.25, -0.2) is 0 Å². The van der Waals surface area contributed by atoms with E-state index in [0.29, 0.717) is 0 Å². The molecule has 0 aromatic heterocycles. The van der Waals surface area contributed by atoms with Gasteiger partial charge in [-0.15, -0.1) is 0 Å². The summed E-state index contributed by atoms with van der Waals surface area (Å²) in [4.78, 5) is 0. The zero-order valence-corrected chi connectivity index (χ0v) is 11.7. The first-order chi connectivity index (χ1) is 10.4. The fourth-order valence-electron chi connectivity index (χ4n) is 2.48. The molecule has 2 fully saturated rings. The van der Waals surface area contributed by atoms with Gasteiger partial charge in [-0.1, -0.05) is 0 Å². The van der Waals surface area contributed by atoms with Gasteiger partial charge in [0.1, 0.15) is 36.6 Å². The van der Waals surface area contributed by atoms with Gasteiger partial charge >= 0.3 is 0 Å². The normalized spacial score (nSPS) is 50.0. The first-order valence-corrected chi connectivity index (χ1v) is 6.97. The first kappa shape index (κ1) is 17.9. The molecule has 0 aromatic carbocycles. The number of aliphatic hydroxyl groups is 7. The minimum atomic E-state index is -1.60. The Balaban J connectivity index is 2.00. The maximum atomic E-state index is 9.83. The van der Waals surface area contributed by atoms with Gasteiger partial charge in [0.15, 0.2) is 12.6 Å². The van der Waals surface area contributed by atoms with Gasteiger partial charge in [-0.3, -0.25) is 0 Å². The molecule has 10 nitrogen and oxygen atoms in total. The van der Waals surface area contributed by atoms with E-state index in [2.05, 4.69) is 0 Å². The van der Waals surface area contributed by atoms with Crippen molar-refractivity contribution in [2.24, 2.45) is 0 Å². The topological polar surface area (TPSA) is 169 Å². The second-order valence-electron chi connectivity index (χ2n) is 5.41. The van der Waals surface area contributed by atoms with Gasteiger partial charge in [-0.05, 0) is 0 Å². The Kier molecular flexibility index (Phi) is 6.07. The lowest BCUT2D eigenvalue weighted by atomic mass is 9.99. The highest BCUT2D eigenvalue weighted by atomic mass is 16.8. The molecule has 0 aromatic rings. The smallest absolute Gasteiger partial charge is 0.189 e. The van der Waals surface area contributed by atoms with Crippen LogP contribution < -0.4 is 0 Å². The summed E-state index contributed by atoms with van der Waals surface area (Å²) in [7, 11) is 0. The van der Waals surface area contributed by atoms with E-state index in [-0.39, 0.29) is 6.42 Å². The summed E-state index contributed by atoms with van der Waals surface area (Å²) in [5.41, 5.74) is 0. The monoisotopic (exact) mass is 326 g/mol. The third-order valence-electron chi connectivity index (χ3n) is 3.85. The summed E-state index contributed by atoms with van der Waals surface area (Å²) in [6.45, 7) is -1.15. The fraction of sp³-hybridized carbons (Fsp3) is 1.00. The molecule has 9 atom stereocenters. The van der Waals surface area contributed by atoms with Crippen LogP contribution in [0.25, 0.3) is 0 Å². The van der Waals surface area contributed by atoms with Crippen LogP contribution in [0, 0.1) is 0 Å². The number of aliphatic hydroxyl groups excluding tert-OH is 7. The Morgan fingerprint density at radius 3 is 1.95 bits per heavy atom. The molecule has 10 heteroatoms. The lowest BCUT2D eigenvalue weighted by Gasteiger charge is -2.43.